The molecule has 66 valence electrons. The summed E-state index contributed by atoms with van der Waals surface area (Å²) in [6.07, 6.45) is 4.14. The van der Waals surface area contributed by atoms with E-state index in [1.165, 1.54) is 12.2 Å². The summed E-state index contributed by atoms with van der Waals surface area (Å²) in [5, 5.41) is 18.5. The number of rotatable bonds is 5. The number of carbonyl (C=O) groups is 1. The quantitative estimate of drug-likeness (QED) is 0.279. The van der Waals surface area contributed by atoms with Gasteiger partial charge in [-0.15, -0.1) is 0 Å². The summed E-state index contributed by atoms with van der Waals surface area (Å²) in [5.41, 5.74) is -0.184. The zero-order chi connectivity index (χ0) is 9.40. The lowest BCUT2D eigenvalue weighted by molar-refractivity contribution is -0.419. The van der Waals surface area contributed by atoms with Crippen LogP contribution >= 0.6 is 0 Å². The van der Waals surface area contributed by atoms with Gasteiger partial charge in [-0.1, -0.05) is 6.08 Å². The zero-order valence-electron chi connectivity index (χ0n) is 6.34. The maximum Gasteiger partial charge on any atom is 0.265 e. The lowest BCUT2D eigenvalue weighted by atomic mass is 10.3. The van der Waals surface area contributed by atoms with Gasteiger partial charge in [0.05, 0.1) is 11.5 Å². The molecule has 1 N–H and O–H groups in total. The Labute approximate surface area is 69.2 Å². The van der Waals surface area contributed by atoms with E-state index in [2.05, 4.69) is 0 Å². The Morgan fingerprint density at radius 2 is 2.25 bits per heavy atom. The van der Waals surface area contributed by atoms with E-state index in [1.807, 2.05) is 0 Å². The van der Waals surface area contributed by atoms with Crippen LogP contribution in [-0.4, -0.2) is 22.9 Å². The van der Waals surface area contributed by atoms with Gasteiger partial charge in [-0.3, -0.25) is 10.1 Å². The Bertz CT molecular complexity index is 219. The molecule has 0 aliphatic rings. The largest absolute Gasteiger partial charge is 0.392 e. The van der Waals surface area contributed by atoms with E-state index in [4.69, 9.17) is 5.11 Å². The highest BCUT2D eigenvalue weighted by Crippen LogP contribution is 1.98. The van der Waals surface area contributed by atoms with Crippen molar-refractivity contribution in [2.24, 2.45) is 0 Å². The van der Waals surface area contributed by atoms with Gasteiger partial charge < -0.3 is 9.90 Å². The Morgan fingerprint density at radius 1 is 1.58 bits per heavy atom. The van der Waals surface area contributed by atoms with E-state index in [0.29, 0.717) is 6.29 Å². The van der Waals surface area contributed by atoms with Crippen molar-refractivity contribution < 1.29 is 14.8 Å². The molecule has 5 nitrogen and oxygen atoms in total. The molecule has 0 rings (SSSR count). The minimum absolute atomic E-state index is 0.00603. The first-order valence-corrected chi connectivity index (χ1v) is 3.28. The minimum atomic E-state index is -0.615. The fraction of sp³-hybridized carbons (Fsp3) is 0.286. The summed E-state index contributed by atoms with van der Waals surface area (Å²) >= 11 is 0. The molecule has 0 aromatic carbocycles. The molecule has 0 heterocycles. The van der Waals surface area contributed by atoms with E-state index in [1.54, 1.807) is 0 Å². The third-order valence-electron chi connectivity index (χ3n) is 1.03. The fourth-order valence-corrected chi connectivity index (χ4v) is 0.546. The maximum atomic E-state index is 10.2. The average Bonchev–Trinajstić information content (AvgIpc) is 2.04. The lowest BCUT2D eigenvalue weighted by Crippen LogP contribution is -1.95. The Hall–Kier alpha value is -1.49. The standard InChI is InChI=1S/C7H9NO4/c9-5-1-3-7(8(11)12)4-2-6-10/h1,3-4,6,9H,2,5H2/b3-1-,7-4+. The topological polar surface area (TPSA) is 80.4 Å². The van der Waals surface area contributed by atoms with Crippen LogP contribution in [0.4, 0.5) is 0 Å². The molecule has 0 unspecified atom stereocenters. The third-order valence-corrected chi connectivity index (χ3v) is 1.03. The van der Waals surface area contributed by atoms with Crippen LogP contribution in [0.15, 0.2) is 23.9 Å². The molecule has 5 heteroatoms. The first-order valence-electron chi connectivity index (χ1n) is 3.28. The van der Waals surface area contributed by atoms with E-state index in [9.17, 15) is 14.9 Å². The van der Waals surface area contributed by atoms with Gasteiger partial charge in [0.1, 0.15) is 6.29 Å². The summed E-state index contributed by atoms with van der Waals surface area (Å²) in [5.74, 6) is 0. The first kappa shape index (κ1) is 10.5. The van der Waals surface area contributed by atoms with Gasteiger partial charge in [0.2, 0.25) is 0 Å². The van der Waals surface area contributed by atoms with Crippen molar-refractivity contribution >= 4 is 6.29 Å². The van der Waals surface area contributed by atoms with Crippen LogP contribution in [0.3, 0.4) is 0 Å². The van der Waals surface area contributed by atoms with Crippen molar-refractivity contribution in [3.63, 3.8) is 0 Å². The number of aliphatic hydroxyl groups is 1. The van der Waals surface area contributed by atoms with Gasteiger partial charge in [-0.05, 0) is 0 Å². The molecule has 0 aliphatic carbocycles. The molecule has 0 spiro atoms. The third kappa shape index (κ3) is 4.35. The highest BCUT2D eigenvalue weighted by molar-refractivity contribution is 5.52. The molecule has 0 saturated heterocycles. The second-order valence-corrected chi connectivity index (χ2v) is 1.87. The Kier molecular flexibility index (Phi) is 5.46. The zero-order valence-corrected chi connectivity index (χ0v) is 6.34. The van der Waals surface area contributed by atoms with Crippen LogP contribution in [0.25, 0.3) is 0 Å². The van der Waals surface area contributed by atoms with Crippen LogP contribution in [-0.2, 0) is 4.79 Å². The van der Waals surface area contributed by atoms with Crippen molar-refractivity contribution in [1.82, 2.24) is 0 Å². The maximum absolute atomic E-state index is 10.2. The van der Waals surface area contributed by atoms with Crippen LogP contribution in [0.1, 0.15) is 6.42 Å². The summed E-state index contributed by atoms with van der Waals surface area (Å²) in [4.78, 5) is 19.4. The molecule has 0 atom stereocenters. The van der Waals surface area contributed by atoms with Gasteiger partial charge in [0.15, 0.2) is 0 Å². The van der Waals surface area contributed by atoms with Crippen molar-refractivity contribution in [2.75, 3.05) is 6.61 Å². The van der Waals surface area contributed by atoms with Crippen LogP contribution in [0, 0.1) is 10.1 Å². The second kappa shape index (κ2) is 6.23. The normalized spacial score (nSPS) is 11.9. The van der Waals surface area contributed by atoms with Gasteiger partial charge in [0.25, 0.3) is 5.70 Å². The fourth-order valence-electron chi connectivity index (χ4n) is 0.546. The van der Waals surface area contributed by atoms with Crippen molar-refractivity contribution in [2.45, 2.75) is 6.42 Å². The number of hydrogen-bond donors (Lipinski definition) is 1. The number of allylic oxidation sites excluding steroid dienone is 2. The number of nitrogens with zero attached hydrogens (tertiary/aromatic N) is 1. The Morgan fingerprint density at radius 3 is 2.67 bits per heavy atom. The van der Waals surface area contributed by atoms with E-state index < -0.39 is 4.92 Å². The predicted octanol–water partition coefficient (Wildman–Crippen LogP) is 0.284. The van der Waals surface area contributed by atoms with Gasteiger partial charge in [-0.2, -0.15) is 0 Å². The molecular weight excluding hydrogens is 162 g/mol. The number of aliphatic hydroxyl groups excluding tert-OH is 1. The molecule has 0 aromatic rings. The summed E-state index contributed by atoms with van der Waals surface area (Å²) in [6, 6.07) is 0. The highest BCUT2D eigenvalue weighted by Gasteiger charge is 2.03. The molecule has 0 saturated carbocycles. The number of aldehydes is 1. The average molecular weight is 171 g/mol. The number of hydrogen-bond acceptors (Lipinski definition) is 4. The van der Waals surface area contributed by atoms with Gasteiger partial charge in [-0.25, -0.2) is 0 Å². The van der Waals surface area contributed by atoms with E-state index in [-0.39, 0.29) is 18.7 Å². The monoisotopic (exact) mass is 171 g/mol. The molecule has 0 aromatic heterocycles. The van der Waals surface area contributed by atoms with E-state index >= 15 is 0 Å². The molecule has 0 amide bonds. The molecular formula is C7H9NO4. The summed E-state index contributed by atoms with van der Waals surface area (Å²) < 4.78 is 0. The van der Waals surface area contributed by atoms with Crippen molar-refractivity contribution in [1.29, 1.82) is 0 Å². The Balaban J connectivity index is 4.32. The lowest BCUT2D eigenvalue weighted by Gasteiger charge is -1.88. The van der Waals surface area contributed by atoms with Crippen molar-refractivity contribution in [3.8, 4) is 0 Å². The number of carbonyl (C=O) groups excluding carboxylic acids is 1. The van der Waals surface area contributed by atoms with E-state index in [0.717, 1.165) is 6.08 Å². The molecule has 12 heavy (non-hydrogen) atoms. The van der Waals surface area contributed by atoms with Crippen LogP contribution in [0.2, 0.25) is 0 Å². The highest BCUT2D eigenvalue weighted by atomic mass is 16.6. The molecule has 0 bridgehead atoms. The van der Waals surface area contributed by atoms with Crippen LogP contribution in [0.5, 0.6) is 0 Å². The van der Waals surface area contributed by atoms with Crippen molar-refractivity contribution in [3.05, 3.63) is 34.0 Å². The second-order valence-electron chi connectivity index (χ2n) is 1.87. The van der Waals surface area contributed by atoms with Gasteiger partial charge >= 0.3 is 0 Å². The summed E-state index contributed by atoms with van der Waals surface area (Å²) in [7, 11) is 0. The smallest absolute Gasteiger partial charge is 0.265 e. The summed E-state index contributed by atoms with van der Waals surface area (Å²) in [6.45, 7) is -0.258. The van der Waals surface area contributed by atoms with Gasteiger partial charge in [0, 0.05) is 18.6 Å². The predicted molar refractivity (Wildman–Crippen MR) is 42.0 cm³/mol. The molecule has 0 aliphatic heterocycles. The number of nitro groups is 1. The first-order chi connectivity index (χ1) is 5.72. The SMILES string of the molecule is O=CC/C=C(\C=C/CO)[N+](=O)[O-]. The minimum Gasteiger partial charge on any atom is -0.392 e. The molecule has 0 radical (unpaired) electrons. The molecule has 0 fully saturated rings. The van der Waals surface area contributed by atoms with Crippen LogP contribution < -0.4 is 0 Å².